The molecule has 2 heterocycles. The van der Waals surface area contributed by atoms with E-state index in [4.69, 9.17) is 5.11 Å². The smallest absolute Gasteiger partial charge is 0.309 e. The van der Waals surface area contributed by atoms with Crippen LogP contribution in [0.4, 0.5) is 0 Å². The molecule has 84 valence electrons. The minimum atomic E-state index is -0.847. The zero-order valence-corrected chi connectivity index (χ0v) is 10.9. The number of nitrogens with zero attached hydrogens (tertiary/aromatic N) is 2. The van der Waals surface area contributed by atoms with Gasteiger partial charge in [0.15, 0.2) is 0 Å². The standard InChI is InChI=1S/C10H9BrN2O2S/c1-13-7(4-10(14)15)6(5-12-13)8-2-3-9(11)16-8/h2-3,5H,4H2,1H3,(H,14,15). The van der Waals surface area contributed by atoms with E-state index in [0.29, 0.717) is 0 Å². The molecule has 0 fully saturated rings. The van der Waals surface area contributed by atoms with Gasteiger partial charge in [0.1, 0.15) is 0 Å². The maximum atomic E-state index is 10.8. The van der Waals surface area contributed by atoms with Crippen molar-refractivity contribution in [2.75, 3.05) is 0 Å². The van der Waals surface area contributed by atoms with Gasteiger partial charge in [0, 0.05) is 17.5 Å². The van der Waals surface area contributed by atoms with Crippen molar-refractivity contribution in [1.29, 1.82) is 0 Å². The second-order valence-electron chi connectivity index (χ2n) is 3.30. The number of carboxylic acid groups (broad SMARTS) is 1. The van der Waals surface area contributed by atoms with Crippen LogP contribution in [0.1, 0.15) is 5.69 Å². The molecule has 0 aromatic carbocycles. The van der Waals surface area contributed by atoms with Crippen LogP contribution in [0.2, 0.25) is 0 Å². The number of carbonyl (C=O) groups is 1. The van der Waals surface area contributed by atoms with Gasteiger partial charge in [-0.05, 0) is 28.1 Å². The molecular weight excluding hydrogens is 292 g/mol. The number of aryl methyl sites for hydroxylation is 1. The average molecular weight is 301 g/mol. The molecule has 0 unspecified atom stereocenters. The zero-order chi connectivity index (χ0) is 11.7. The van der Waals surface area contributed by atoms with Crippen LogP contribution in [-0.2, 0) is 18.3 Å². The molecule has 1 N–H and O–H groups in total. The molecule has 0 saturated carbocycles. The SMILES string of the molecule is Cn1ncc(-c2ccc(Br)s2)c1CC(=O)O. The van der Waals surface area contributed by atoms with Gasteiger partial charge in [0.25, 0.3) is 0 Å². The molecule has 0 bridgehead atoms. The normalized spacial score (nSPS) is 10.6. The summed E-state index contributed by atoms with van der Waals surface area (Å²) in [5, 5.41) is 12.9. The van der Waals surface area contributed by atoms with Gasteiger partial charge in [-0.1, -0.05) is 0 Å². The summed E-state index contributed by atoms with van der Waals surface area (Å²) < 4.78 is 2.63. The quantitative estimate of drug-likeness (QED) is 0.948. The van der Waals surface area contributed by atoms with Crippen LogP contribution in [0.3, 0.4) is 0 Å². The van der Waals surface area contributed by atoms with Gasteiger partial charge in [-0.25, -0.2) is 0 Å². The Kier molecular flexibility index (Phi) is 3.11. The molecule has 0 saturated heterocycles. The molecule has 0 aliphatic heterocycles. The number of rotatable bonds is 3. The van der Waals surface area contributed by atoms with Crippen molar-refractivity contribution in [2.45, 2.75) is 6.42 Å². The maximum absolute atomic E-state index is 10.8. The fourth-order valence-corrected chi connectivity index (χ4v) is 2.90. The molecule has 0 atom stereocenters. The van der Waals surface area contributed by atoms with Gasteiger partial charge < -0.3 is 5.11 Å². The van der Waals surface area contributed by atoms with E-state index < -0.39 is 5.97 Å². The lowest BCUT2D eigenvalue weighted by molar-refractivity contribution is -0.136. The van der Waals surface area contributed by atoms with Crippen LogP contribution in [0.15, 0.2) is 22.1 Å². The Morgan fingerprint density at radius 1 is 1.62 bits per heavy atom. The molecule has 6 heteroatoms. The number of aliphatic carboxylic acids is 1. The van der Waals surface area contributed by atoms with Gasteiger partial charge in [0.2, 0.25) is 0 Å². The topological polar surface area (TPSA) is 55.1 Å². The predicted molar refractivity (Wildman–Crippen MR) is 65.6 cm³/mol. The molecule has 2 rings (SSSR count). The average Bonchev–Trinajstić information content (AvgIpc) is 2.75. The van der Waals surface area contributed by atoms with Crippen LogP contribution in [0.5, 0.6) is 0 Å². The van der Waals surface area contributed by atoms with Crippen molar-refractivity contribution in [3.63, 3.8) is 0 Å². The van der Waals surface area contributed by atoms with E-state index in [2.05, 4.69) is 21.0 Å². The van der Waals surface area contributed by atoms with Crippen LogP contribution in [0, 0.1) is 0 Å². The lowest BCUT2D eigenvalue weighted by Crippen LogP contribution is -2.06. The highest BCUT2D eigenvalue weighted by molar-refractivity contribution is 9.11. The molecule has 0 spiro atoms. The minimum Gasteiger partial charge on any atom is -0.481 e. The second kappa shape index (κ2) is 4.39. The Labute approximate surface area is 105 Å². The van der Waals surface area contributed by atoms with E-state index in [0.717, 1.165) is 19.9 Å². The van der Waals surface area contributed by atoms with Crippen molar-refractivity contribution >= 4 is 33.2 Å². The number of hydrogen-bond acceptors (Lipinski definition) is 3. The number of carboxylic acids is 1. The third-order valence-corrected chi connectivity index (χ3v) is 3.88. The van der Waals surface area contributed by atoms with Crippen LogP contribution in [-0.4, -0.2) is 20.9 Å². The van der Waals surface area contributed by atoms with E-state index in [-0.39, 0.29) is 6.42 Å². The summed E-state index contributed by atoms with van der Waals surface area (Å²) in [6, 6.07) is 3.90. The van der Waals surface area contributed by atoms with Gasteiger partial charge in [-0.15, -0.1) is 11.3 Å². The Morgan fingerprint density at radius 2 is 2.38 bits per heavy atom. The van der Waals surface area contributed by atoms with Crippen molar-refractivity contribution in [1.82, 2.24) is 9.78 Å². The van der Waals surface area contributed by atoms with Gasteiger partial charge >= 0.3 is 5.97 Å². The van der Waals surface area contributed by atoms with E-state index in [1.54, 1.807) is 29.3 Å². The number of thiophene rings is 1. The summed E-state index contributed by atoms with van der Waals surface area (Å²) in [6.07, 6.45) is 1.69. The van der Waals surface area contributed by atoms with Crippen molar-refractivity contribution in [3.05, 3.63) is 27.8 Å². The highest BCUT2D eigenvalue weighted by Crippen LogP contribution is 2.33. The highest BCUT2D eigenvalue weighted by atomic mass is 79.9. The second-order valence-corrected chi connectivity index (χ2v) is 5.77. The van der Waals surface area contributed by atoms with E-state index in [9.17, 15) is 4.79 Å². The Balaban J connectivity index is 2.45. The van der Waals surface area contributed by atoms with Crippen LogP contribution < -0.4 is 0 Å². The maximum Gasteiger partial charge on any atom is 0.309 e. The largest absolute Gasteiger partial charge is 0.481 e. The fourth-order valence-electron chi connectivity index (χ4n) is 1.48. The molecule has 0 aliphatic carbocycles. The minimum absolute atomic E-state index is 0.0125. The summed E-state index contributed by atoms with van der Waals surface area (Å²) in [4.78, 5) is 11.8. The molecule has 2 aromatic rings. The molecule has 0 amide bonds. The Morgan fingerprint density at radius 3 is 2.94 bits per heavy atom. The molecule has 16 heavy (non-hydrogen) atoms. The highest BCUT2D eigenvalue weighted by Gasteiger charge is 2.14. The summed E-state index contributed by atoms with van der Waals surface area (Å²) in [5.74, 6) is -0.847. The lowest BCUT2D eigenvalue weighted by atomic mass is 10.1. The molecule has 4 nitrogen and oxygen atoms in total. The first-order valence-electron chi connectivity index (χ1n) is 4.56. The van der Waals surface area contributed by atoms with Gasteiger partial charge in [-0.2, -0.15) is 5.10 Å². The Hall–Kier alpha value is -1.14. The van der Waals surface area contributed by atoms with Gasteiger partial charge in [-0.3, -0.25) is 9.48 Å². The van der Waals surface area contributed by atoms with E-state index >= 15 is 0 Å². The predicted octanol–water partition coefficient (Wildman–Crippen LogP) is 2.54. The summed E-state index contributed by atoms with van der Waals surface area (Å²) in [6.45, 7) is 0. The summed E-state index contributed by atoms with van der Waals surface area (Å²) in [5.41, 5.74) is 1.61. The van der Waals surface area contributed by atoms with Crippen LogP contribution >= 0.6 is 27.3 Å². The monoisotopic (exact) mass is 300 g/mol. The van der Waals surface area contributed by atoms with Crippen molar-refractivity contribution in [3.8, 4) is 10.4 Å². The molecule has 2 aromatic heterocycles. The third-order valence-electron chi connectivity index (χ3n) is 2.22. The summed E-state index contributed by atoms with van der Waals surface area (Å²) >= 11 is 4.95. The first-order valence-corrected chi connectivity index (χ1v) is 6.17. The third kappa shape index (κ3) is 2.17. The fraction of sp³-hybridized carbons (Fsp3) is 0.200. The van der Waals surface area contributed by atoms with Crippen molar-refractivity contribution < 1.29 is 9.90 Å². The van der Waals surface area contributed by atoms with E-state index in [1.165, 1.54) is 0 Å². The Bertz CT molecular complexity index is 533. The molecule has 0 aliphatic rings. The first-order chi connectivity index (χ1) is 7.58. The van der Waals surface area contributed by atoms with Crippen LogP contribution in [0.25, 0.3) is 10.4 Å². The van der Waals surface area contributed by atoms with Gasteiger partial charge in [0.05, 0.1) is 22.1 Å². The number of aromatic nitrogens is 2. The molecular formula is C10H9BrN2O2S. The van der Waals surface area contributed by atoms with Crippen molar-refractivity contribution in [2.24, 2.45) is 7.05 Å². The number of hydrogen-bond donors (Lipinski definition) is 1. The first kappa shape index (κ1) is 11.3. The summed E-state index contributed by atoms with van der Waals surface area (Å²) in [7, 11) is 1.75. The lowest BCUT2D eigenvalue weighted by Gasteiger charge is -2.01. The molecule has 0 radical (unpaired) electrons. The zero-order valence-electron chi connectivity index (χ0n) is 8.48. The number of halogens is 1. The van der Waals surface area contributed by atoms with E-state index in [1.807, 2.05) is 12.1 Å².